The number of nitrogens with one attached hydrogen (secondary N) is 1. The predicted octanol–water partition coefficient (Wildman–Crippen LogP) is 1.30. The number of aliphatic hydroxyl groups excluding tert-OH is 1. The summed E-state index contributed by atoms with van der Waals surface area (Å²) >= 11 is 0. The lowest BCUT2D eigenvalue weighted by Crippen LogP contribution is -2.32. The van der Waals surface area contributed by atoms with Gasteiger partial charge in [-0.15, -0.1) is 0 Å². The van der Waals surface area contributed by atoms with Crippen molar-refractivity contribution >= 4 is 23.3 Å². The van der Waals surface area contributed by atoms with Crippen molar-refractivity contribution in [1.82, 2.24) is 24.1 Å². The summed E-state index contributed by atoms with van der Waals surface area (Å²) in [6.45, 7) is 7.15. The van der Waals surface area contributed by atoms with Crippen molar-refractivity contribution < 1.29 is 19.1 Å². The van der Waals surface area contributed by atoms with Gasteiger partial charge in [0.1, 0.15) is 29.5 Å². The van der Waals surface area contributed by atoms with Gasteiger partial charge in [-0.2, -0.15) is 9.61 Å². The minimum Gasteiger partial charge on any atom is -0.392 e. The minimum absolute atomic E-state index is 0.0136. The van der Waals surface area contributed by atoms with Crippen molar-refractivity contribution in [3.8, 4) is 0 Å². The van der Waals surface area contributed by atoms with Crippen molar-refractivity contribution in [2.75, 3.05) is 11.9 Å². The number of fused-ring (bicyclic) bond motifs is 2. The highest BCUT2D eigenvalue weighted by Gasteiger charge is 2.36. The average molecular weight is 456 g/mol. The Morgan fingerprint density at radius 1 is 1.30 bits per heavy atom. The molecule has 0 saturated carbocycles. The maximum Gasteiger partial charge on any atom is 0.280 e. The van der Waals surface area contributed by atoms with Crippen molar-refractivity contribution in [2.45, 2.75) is 52.3 Å². The van der Waals surface area contributed by atoms with Gasteiger partial charge in [-0.3, -0.25) is 14.4 Å². The lowest BCUT2D eigenvalue weighted by atomic mass is 9.93. The molecule has 0 saturated heterocycles. The molecule has 10 nitrogen and oxygen atoms in total. The normalized spacial score (nSPS) is 14.6. The second-order valence-corrected chi connectivity index (χ2v) is 9.21. The summed E-state index contributed by atoms with van der Waals surface area (Å²) in [5.41, 5.74) is 0.432. The van der Waals surface area contributed by atoms with Crippen LogP contribution in [0.2, 0.25) is 0 Å². The number of pyridine rings is 1. The summed E-state index contributed by atoms with van der Waals surface area (Å²) < 4.78 is 15.8. The predicted molar refractivity (Wildman–Crippen MR) is 117 cm³/mol. The van der Waals surface area contributed by atoms with E-state index >= 15 is 0 Å². The molecule has 1 aliphatic rings. The van der Waals surface area contributed by atoms with Gasteiger partial charge in [0.15, 0.2) is 0 Å². The Morgan fingerprint density at radius 3 is 2.64 bits per heavy atom. The standard InChI is InChI=1S/C22H25FN6O4/c1-12(30)9-27-10-14-19(21(27)33)28(11-17(31)25-16-6-5-13(23)8-24-16)18-7-15(22(2,3)4)26-29(18)20(14)32/h5-8,12,30H,9-11H2,1-4H3,(H,24,25,31)/t12-/m0/s1. The summed E-state index contributed by atoms with van der Waals surface area (Å²) in [6, 6.07) is 4.18. The summed E-state index contributed by atoms with van der Waals surface area (Å²) in [7, 11) is 0. The van der Waals surface area contributed by atoms with E-state index in [9.17, 15) is 23.9 Å². The van der Waals surface area contributed by atoms with Gasteiger partial charge in [0.2, 0.25) is 5.91 Å². The van der Waals surface area contributed by atoms with Crippen molar-refractivity contribution in [1.29, 1.82) is 0 Å². The number of carbonyl (C=O) groups excluding carboxylic acids is 2. The number of halogens is 1. The van der Waals surface area contributed by atoms with Gasteiger partial charge in [0, 0.05) is 18.0 Å². The van der Waals surface area contributed by atoms with Gasteiger partial charge in [-0.05, 0) is 19.1 Å². The molecule has 0 aromatic carbocycles. The highest BCUT2D eigenvalue weighted by Crippen LogP contribution is 2.26. The third-order valence-corrected chi connectivity index (χ3v) is 5.36. The number of hydrogen-bond acceptors (Lipinski definition) is 6. The quantitative estimate of drug-likeness (QED) is 0.597. The van der Waals surface area contributed by atoms with Gasteiger partial charge in [0.25, 0.3) is 11.5 Å². The Kier molecular flexibility index (Phi) is 5.52. The summed E-state index contributed by atoms with van der Waals surface area (Å²) in [5.74, 6) is -1.34. The third kappa shape index (κ3) is 4.23. The fourth-order valence-electron chi connectivity index (χ4n) is 3.79. The minimum atomic E-state index is -0.781. The molecule has 0 radical (unpaired) electrons. The first-order chi connectivity index (χ1) is 15.5. The highest BCUT2D eigenvalue weighted by atomic mass is 19.1. The van der Waals surface area contributed by atoms with E-state index in [2.05, 4.69) is 15.4 Å². The molecule has 1 atom stereocenters. The van der Waals surface area contributed by atoms with E-state index in [-0.39, 0.29) is 42.1 Å². The molecule has 3 aromatic heterocycles. The molecule has 33 heavy (non-hydrogen) atoms. The summed E-state index contributed by atoms with van der Waals surface area (Å²) in [6.07, 6.45) is 0.200. The van der Waals surface area contributed by atoms with Crippen LogP contribution in [0.4, 0.5) is 10.2 Å². The zero-order valence-electron chi connectivity index (χ0n) is 18.8. The Hall–Kier alpha value is -3.60. The van der Waals surface area contributed by atoms with E-state index in [0.29, 0.717) is 11.3 Å². The van der Waals surface area contributed by atoms with Crippen LogP contribution in [-0.4, -0.2) is 53.6 Å². The molecule has 0 aliphatic carbocycles. The van der Waals surface area contributed by atoms with Crippen LogP contribution in [0.15, 0.2) is 29.2 Å². The van der Waals surface area contributed by atoms with Crippen molar-refractivity contribution in [3.63, 3.8) is 0 Å². The zero-order chi connectivity index (χ0) is 24.1. The lowest BCUT2D eigenvalue weighted by Gasteiger charge is -2.17. The van der Waals surface area contributed by atoms with E-state index in [1.165, 1.54) is 26.1 Å². The maximum atomic E-state index is 13.2. The van der Waals surface area contributed by atoms with Crippen LogP contribution in [0.3, 0.4) is 0 Å². The molecule has 0 unspecified atom stereocenters. The van der Waals surface area contributed by atoms with Gasteiger partial charge in [-0.1, -0.05) is 20.8 Å². The number of hydrogen-bond donors (Lipinski definition) is 2. The van der Waals surface area contributed by atoms with Crippen LogP contribution in [-0.2, 0) is 23.3 Å². The Bertz CT molecular complexity index is 1300. The van der Waals surface area contributed by atoms with Gasteiger partial charge >= 0.3 is 0 Å². The summed E-state index contributed by atoms with van der Waals surface area (Å²) in [4.78, 5) is 44.4. The molecular formula is C22H25FN6O4. The van der Waals surface area contributed by atoms with E-state index in [1.54, 1.807) is 13.0 Å². The first-order valence-corrected chi connectivity index (χ1v) is 10.5. The molecule has 4 rings (SSSR count). The van der Waals surface area contributed by atoms with Crippen molar-refractivity contribution in [2.24, 2.45) is 0 Å². The average Bonchev–Trinajstić information content (AvgIpc) is 3.30. The Labute approximate surface area is 188 Å². The van der Waals surface area contributed by atoms with Crippen LogP contribution >= 0.6 is 0 Å². The zero-order valence-corrected chi connectivity index (χ0v) is 18.8. The number of β-amino-alcohol motifs (C(OH)–C–C–N with tert-alkyl or cyclic N) is 1. The highest BCUT2D eigenvalue weighted by molar-refractivity contribution is 5.98. The number of aliphatic hydroxyl groups is 1. The van der Waals surface area contributed by atoms with E-state index in [4.69, 9.17) is 0 Å². The lowest BCUT2D eigenvalue weighted by molar-refractivity contribution is -0.116. The first kappa shape index (κ1) is 22.6. The van der Waals surface area contributed by atoms with E-state index < -0.39 is 29.3 Å². The second kappa shape index (κ2) is 8.07. The van der Waals surface area contributed by atoms with E-state index in [1.807, 2.05) is 20.8 Å². The first-order valence-electron chi connectivity index (χ1n) is 10.5. The number of anilines is 1. The molecule has 1 aliphatic heterocycles. The molecule has 11 heteroatoms. The van der Waals surface area contributed by atoms with Crippen LogP contribution in [0.25, 0.3) is 5.65 Å². The van der Waals surface area contributed by atoms with Crippen LogP contribution in [0, 0.1) is 5.82 Å². The smallest absolute Gasteiger partial charge is 0.280 e. The molecule has 2 amide bonds. The Balaban J connectivity index is 1.81. The van der Waals surface area contributed by atoms with Gasteiger partial charge in [-0.25, -0.2) is 9.37 Å². The van der Waals surface area contributed by atoms with Crippen molar-refractivity contribution in [3.05, 3.63) is 57.5 Å². The monoisotopic (exact) mass is 456 g/mol. The van der Waals surface area contributed by atoms with Crippen LogP contribution in [0.1, 0.15) is 49.4 Å². The van der Waals surface area contributed by atoms with E-state index in [0.717, 1.165) is 6.20 Å². The fourth-order valence-corrected chi connectivity index (χ4v) is 3.79. The maximum absolute atomic E-state index is 13.2. The molecule has 0 fully saturated rings. The number of carbonyl (C=O) groups is 2. The molecule has 4 heterocycles. The number of rotatable bonds is 5. The molecule has 0 spiro atoms. The fraction of sp³-hybridized carbons (Fsp3) is 0.409. The third-order valence-electron chi connectivity index (χ3n) is 5.36. The van der Waals surface area contributed by atoms with Crippen LogP contribution in [0.5, 0.6) is 0 Å². The van der Waals surface area contributed by atoms with Gasteiger partial charge in [0.05, 0.1) is 30.1 Å². The topological polar surface area (TPSA) is 122 Å². The summed E-state index contributed by atoms with van der Waals surface area (Å²) in [5, 5.41) is 16.8. The number of nitrogens with zero attached hydrogens (tertiary/aromatic N) is 5. The SMILES string of the molecule is C[C@H](O)CN1Cc2c(n(CC(=O)Nc3ccc(F)cn3)c3cc(C(C)(C)C)nn3c2=O)C1=O. The largest absolute Gasteiger partial charge is 0.392 e. The number of aromatic nitrogens is 4. The van der Waals surface area contributed by atoms with Gasteiger partial charge < -0.3 is 19.9 Å². The molecule has 174 valence electrons. The molecule has 2 N–H and O–H groups in total. The molecule has 0 bridgehead atoms. The van der Waals surface area contributed by atoms with Crippen LogP contribution < -0.4 is 10.9 Å². The number of amides is 2. The second-order valence-electron chi connectivity index (χ2n) is 9.21. The Morgan fingerprint density at radius 2 is 2.03 bits per heavy atom. The molecular weight excluding hydrogens is 431 g/mol. The molecule has 3 aromatic rings.